The summed E-state index contributed by atoms with van der Waals surface area (Å²) in [6.07, 6.45) is 3.79. The minimum Gasteiger partial charge on any atom is -0.472 e. The van der Waals surface area contributed by atoms with E-state index in [0.29, 0.717) is 5.88 Å². The van der Waals surface area contributed by atoms with Crippen LogP contribution in [0.2, 0.25) is 0 Å². The Morgan fingerprint density at radius 1 is 1.50 bits per heavy atom. The molecule has 1 unspecified atom stereocenters. The quantitative estimate of drug-likeness (QED) is 0.664. The van der Waals surface area contributed by atoms with Crippen molar-refractivity contribution < 1.29 is 4.74 Å². The second kappa shape index (κ2) is 8.10. The van der Waals surface area contributed by atoms with Crippen LogP contribution in [0.5, 0.6) is 5.88 Å². The lowest BCUT2D eigenvalue weighted by Crippen LogP contribution is -2.41. The van der Waals surface area contributed by atoms with Crippen LogP contribution >= 0.6 is 11.3 Å². The third kappa shape index (κ3) is 4.44. The van der Waals surface area contributed by atoms with Gasteiger partial charge in [-0.15, -0.1) is 11.3 Å². The number of aliphatic imine (C=N–C) groups is 1. The van der Waals surface area contributed by atoms with E-state index in [1.807, 2.05) is 32.2 Å². The monoisotopic (exact) mass is 345 g/mol. The second-order valence-electron chi connectivity index (χ2n) is 5.72. The average molecular weight is 345 g/mol. The van der Waals surface area contributed by atoms with Crippen molar-refractivity contribution in [2.45, 2.75) is 25.9 Å². The Morgan fingerprint density at radius 3 is 3.12 bits per heavy atom. The molecule has 6 nitrogen and oxygen atoms in total. The first-order valence-corrected chi connectivity index (χ1v) is 9.07. The summed E-state index contributed by atoms with van der Waals surface area (Å²) in [5.41, 5.74) is 1.14. The first-order valence-electron chi connectivity index (χ1n) is 8.19. The first kappa shape index (κ1) is 16.7. The molecule has 1 N–H and O–H groups in total. The van der Waals surface area contributed by atoms with Gasteiger partial charge in [-0.1, -0.05) is 6.07 Å². The highest BCUT2D eigenvalue weighted by Gasteiger charge is 2.26. The zero-order chi connectivity index (χ0) is 16.8. The van der Waals surface area contributed by atoms with Gasteiger partial charge in [0, 0.05) is 50.6 Å². The SMILES string of the molecule is CN=C(NCCc1csc(C)n1)N1CCC(Oc2ccccn2)C1. The molecule has 0 bridgehead atoms. The van der Waals surface area contributed by atoms with Crippen molar-refractivity contribution in [2.24, 2.45) is 4.99 Å². The summed E-state index contributed by atoms with van der Waals surface area (Å²) in [4.78, 5) is 15.3. The van der Waals surface area contributed by atoms with E-state index in [0.717, 1.165) is 49.1 Å². The maximum Gasteiger partial charge on any atom is 0.213 e. The predicted molar refractivity (Wildman–Crippen MR) is 96.8 cm³/mol. The van der Waals surface area contributed by atoms with E-state index >= 15 is 0 Å². The van der Waals surface area contributed by atoms with Gasteiger partial charge in [0.15, 0.2) is 5.96 Å². The van der Waals surface area contributed by atoms with E-state index < -0.39 is 0 Å². The van der Waals surface area contributed by atoms with Crippen molar-refractivity contribution in [3.63, 3.8) is 0 Å². The Balaban J connectivity index is 1.46. The van der Waals surface area contributed by atoms with Gasteiger partial charge in [0.25, 0.3) is 0 Å². The zero-order valence-electron chi connectivity index (χ0n) is 14.1. The van der Waals surface area contributed by atoms with Gasteiger partial charge in [0.1, 0.15) is 6.10 Å². The van der Waals surface area contributed by atoms with Gasteiger partial charge in [-0.05, 0) is 13.0 Å². The minimum atomic E-state index is 0.152. The molecule has 2 aromatic rings. The van der Waals surface area contributed by atoms with Gasteiger partial charge in [-0.2, -0.15) is 0 Å². The summed E-state index contributed by atoms with van der Waals surface area (Å²) in [5, 5.41) is 6.65. The maximum atomic E-state index is 5.93. The van der Waals surface area contributed by atoms with Crippen molar-refractivity contribution in [1.82, 2.24) is 20.2 Å². The van der Waals surface area contributed by atoms with Crippen molar-refractivity contribution >= 4 is 17.3 Å². The van der Waals surface area contributed by atoms with Crippen LogP contribution in [0.15, 0.2) is 34.8 Å². The summed E-state index contributed by atoms with van der Waals surface area (Å²) in [6, 6.07) is 5.73. The van der Waals surface area contributed by atoms with Crippen LogP contribution in [0.4, 0.5) is 0 Å². The molecule has 2 aromatic heterocycles. The molecule has 1 saturated heterocycles. The molecule has 7 heteroatoms. The number of nitrogens with one attached hydrogen (secondary N) is 1. The molecule has 0 radical (unpaired) electrons. The van der Waals surface area contributed by atoms with Crippen LogP contribution in [-0.2, 0) is 6.42 Å². The molecule has 1 aliphatic rings. The van der Waals surface area contributed by atoms with E-state index in [1.165, 1.54) is 0 Å². The number of nitrogens with zero attached hydrogens (tertiary/aromatic N) is 4. The van der Waals surface area contributed by atoms with Crippen LogP contribution in [0, 0.1) is 6.92 Å². The summed E-state index contributed by atoms with van der Waals surface area (Å²) in [6.45, 7) is 4.63. The number of pyridine rings is 1. The van der Waals surface area contributed by atoms with E-state index in [2.05, 4.69) is 30.6 Å². The van der Waals surface area contributed by atoms with Crippen LogP contribution in [0.1, 0.15) is 17.1 Å². The third-order valence-electron chi connectivity index (χ3n) is 3.91. The predicted octanol–water partition coefficient (Wildman–Crippen LogP) is 2.12. The zero-order valence-corrected chi connectivity index (χ0v) is 14.9. The molecule has 24 heavy (non-hydrogen) atoms. The molecule has 0 saturated carbocycles. The lowest BCUT2D eigenvalue weighted by molar-refractivity contribution is 0.205. The highest BCUT2D eigenvalue weighted by molar-refractivity contribution is 7.09. The van der Waals surface area contributed by atoms with Crippen molar-refractivity contribution in [3.8, 4) is 5.88 Å². The lowest BCUT2D eigenvalue weighted by Gasteiger charge is -2.21. The summed E-state index contributed by atoms with van der Waals surface area (Å²) >= 11 is 1.69. The topological polar surface area (TPSA) is 62.6 Å². The van der Waals surface area contributed by atoms with Gasteiger partial charge in [-0.3, -0.25) is 4.99 Å². The summed E-state index contributed by atoms with van der Waals surface area (Å²) in [7, 11) is 1.82. The first-order chi connectivity index (χ1) is 11.7. The fourth-order valence-electron chi connectivity index (χ4n) is 2.76. The highest BCUT2D eigenvalue weighted by atomic mass is 32.1. The number of hydrogen-bond acceptors (Lipinski definition) is 5. The smallest absolute Gasteiger partial charge is 0.213 e. The second-order valence-corrected chi connectivity index (χ2v) is 6.79. The fourth-order valence-corrected chi connectivity index (χ4v) is 3.41. The summed E-state index contributed by atoms with van der Waals surface area (Å²) < 4.78 is 5.93. The number of aromatic nitrogens is 2. The molecule has 0 spiro atoms. The number of rotatable bonds is 5. The van der Waals surface area contributed by atoms with Gasteiger partial charge in [-0.25, -0.2) is 9.97 Å². The van der Waals surface area contributed by atoms with E-state index in [4.69, 9.17) is 4.74 Å². The van der Waals surface area contributed by atoms with Crippen LogP contribution in [0.3, 0.4) is 0 Å². The molecule has 0 amide bonds. The van der Waals surface area contributed by atoms with Gasteiger partial charge in [0.05, 0.1) is 17.2 Å². The molecule has 1 aliphatic heterocycles. The molecule has 3 rings (SSSR count). The van der Waals surface area contributed by atoms with Crippen LogP contribution < -0.4 is 10.1 Å². The lowest BCUT2D eigenvalue weighted by atomic mass is 10.3. The molecule has 1 atom stereocenters. The average Bonchev–Trinajstić information content (AvgIpc) is 3.22. The standard InChI is InChI=1S/C17H23N5OS/c1-13-21-14(12-24-13)6-9-20-17(18-2)22-10-7-15(11-22)23-16-5-3-4-8-19-16/h3-5,8,12,15H,6-7,9-11H2,1-2H3,(H,18,20). The summed E-state index contributed by atoms with van der Waals surface area (Å²) in [5.74, 6) is 1.61. The maximum absolute atomic E-state index is 5.93. The third-order valence-corrected chi connectivity index (χ3v) is 4.73. The fraction of sp³-hybridized carbons (Fsp3) is 0.471. The van der Waals surface area contributed by atoms with Crippen molar-refractivity contribution in [2.75, 3.05) is 26.7 Å². The number of hydrogen-bond donors (Lipinski definition) is 1. The number of aryl methyl sites for hydroxylation is 1. The number of thiazole rings is 1. The van der Waals surface area contributed by atoms with E-state index in [-0.39, 0.29) is 6.10 Å². The Morgan fingerprint density at radius 2 is 2.42 bits per heavy atom. The molecular formula is C17H23N5OS. The molecular weight excluding hydrogens is 322 g/mol. The molecule has 0 aromatic carbocycles. The minimum absolute atomic E-state index is 0.152. The Hall–Kier alpha value is -2.15. The highest BCUT2D eigenvalue weighted by Crippen LogP contribution is 2.16. The Kier molecular flexibility index (Phi) is 5.63. The Bertz CT molecular complexity index is 673. The number of guanidine groups is 1. The normalized spacial score (nSPS) is 18.0. The Labute approximate surface area is 146 Å². The number of ether oxygens (including phenoxy) is 1. The molecule has 3 heterocycles. The molecule has 1 fully saturated rings. The van der Waals surface area contributed by atoms with Crippen molar-refractivity contribution in [1.29, 1.82) is 0 Å². The van der Waals surface area contributed by atoms with Crippen LogP contribution in [0.25, 0.3) is 0 Å². The van der Waals surface area contributed by atoms with Gasteiger partial charge in [0.2, 0.25) is 5.88 Å². The van der Waals surface area contributed by atoms with Gasteiger partial charge >= 0.3 is 0 Å². The van der Waals surface area contributed by atoms with E-state index in [9.17, 15) is 0 Å². The largest absolute Gasteiger partial charge is 0.472 e. The molecule has 128 valence electrons. The van der Waals surface area contributed by atoms with E-state index in [1.54, 1.807) is 17.5 Å². The molecule has 0 aliphatic carbocycles. The van der Waals surface area contributed by atoms with Crippen molar-refractivity contribution in [3.05, 3.63) is 40.5 Å². The number of likely N-dealkylation sites (tertiary alicyclic amines) is 1. The van der Waals surface area contributed by atoms with Crippen LogP contribution in [-0.4, -0.2) is 53.6 Å². The van der Waals surface area contributed by atoms with Gasteiger partial charge < -0.3 is 15.0 Å².